The van der Waals surface area contributed by atoms with E-state index in [2.05, 4.69) is 5.32 Å². The maximum absolute atomic E-state index is 11.8. The van der Waals surface area contributed by atoms with Gasteiger partial charge in [0.2, 0.25) is 11.8 Å². The molecule has 2 unspecified atom stereocenters. The largest absolute Gasteiger partial charge is 0.376 e. The third-order valence-electron chi connectivity index (χ3n) is 4.05. The van der Waals surface area contributed by atoms with E-state index < -0.39 is 0 Å². The minimum Gasteiger partial charge on any atom is -0.376 e. The summed E-state index contributed by atoms with van der Waals surface area (Å²) in [5.41, 5.74) is 0. The highest BCUT2D eigenvalue weighted by Crippen LogP contribution is 2.14. The summed E-state index contributed by atoms with van der Waals surface area (Å²) in [5.74, 6) is -0.0264. The van der Waals surface area contributed by atoms with Gasteiger partial charge in [-0.25, -0.2) is 0 Å². The zero-order chi connectivity index (χ0) is 15.1. The zero-order valence-corrected chi connectivity index (χ0v) is 12.8. The molecule has 0 aromatic rings. The predicted octanol–water partition coefficient (Wildman–Crippen LogP) is 0.699. The lowest BCUT2D eigenvalue weighted by atomic mass is 10.2. The quantitative estimate of drug-likeness (QED) is 0.751. The molecule has 2 heterocycles. The van der Waals surface area contributed by atoms with Gasteiger partial charge in [0.05, 0.1) is 12.2 Å². The van der Waals surface area contributed by atoms with Crippen molar-refractivity contribution in [3.63, 3.8) is 0 Å². The van der Waals surface area contributed by atoms with Crippen molar-refractivity contribution in [1.82, 2.24) is 10.2 Å². The summed E-state index contributed by atoms with van der Waals surface area (Å²) >= 11 is 0. The van der Waals surface area contributed by atoms with Crippen molar-refractivity contribution >= 4 is 11.8 Å². The molecule has 0 bridgehead atoms. The molecule has 2 amide bonds. The number of ether oxygens (including phenoxy) is 2. The first-order chi connectivity index (χ1) is 10.1. The molecular weight excluding hydrogens is 272 g/mol. The van der Waals surface area contributed by atoms with Gasteiger partial charge in [0.1, 0.15) is 0 Å². The van der Waals surface area contributed by atoms with Crippen molar-refractivity contribution in [2.45, 2.75) is 51.2 Å². The third kappa shape index (κ3) is 5.63. The van der Waals surface area contributed by atoms with Crippen LogP contribution in [0.15, 0.2) is 0 Å². The van der Waals surface area contributed by atoms with E-state index in [1.54, 1.807) is 11.8 Å². The maximum Gasteiger partial charge on any atom is 0.221 e. The van der Waals surface area contributed by atoms with Gasteiger partial charge in [0.25, 0.3) is 0 Å². The Balaban J connectivity index is 1.65. The van der Waals surface area contributed by atoms with Gasteiger partial charge in [-0.2, -0.15) is 0 Å². The lowest BCUT2D eigenvalue weighted by Crippen LogP contribution is -2.39. The van der Waals surface area contributed by atoms with E-state index in [0.717, 1.165) is 38.9 Å². The van der Waals surface area contributed by atoms with Crippen LogP contribution in [0.5, 0.6) is 0 Å². The van der Waals surface area contributed by atoms with Crippen LogP contribution in [-0.4, -0.2) is 61.8 Å². The number of hydrogen-bond donors (Lipinski definition) is 1. The molecule has 2 aliphatic rings. The number of carbonyl (C=O) groups is 2. The summed E-state index contributed by atoms with van der Waals surface area (Å²) < 4.78 is 11.0. The van der Waals surface area contributed by atoms with E-state index in [0.29, 0.717) is 26.1 Å². The van der Waals surface area contributed by atoms with Crippen LogP contribution in [0.3, 0.4) is 0 Å². The average Bonchev–Trinajstić information content (AvgIpc) is 3.13. The molecule has 6 heteroatoms. The fourth-order valence-corrected chi connectivity index (χ4v) is 2.77. The summed E-state index contributed by atoms with van der Waals surface area (Å²) in [5, 5.41) is 2.88. The van der Waals surface area contributed by atoms with Gasteiger partial charge in [0, 0.05) is 46.2 Å². The smallest absolute Gasteiger partial charge is 0.221 e. The summed E-state index contributed by atoms with van der Waals surface area (Å²) in [6.45, 7) is 4.73. The van der Waals surface area contributed by atoms with Crippen LogP contribution in [0.2, 0.25) is 0 Å². The normalized spacial score (nSPS) is 25.0. The van der Waals surface area contributed by atoms with Gasteiger partial charge in [0.15, 0.2) is 0 Å². The predicted molar refractivity (Wildman–Crippen MR) is 77.8 cm³/mol. The third-order valence-corrected chi connectivity index (χ3v) is 4.05. The summed E-state index contributed by atoms with van der Waals surface area (Å²) in [6.07, 6.45) is 4.75. The lowest BCUT2D eigenvalue weighted by molar-refractivity contribution is -0.131. The Bertz CT molecular complexity index is 350. The Kier molecular flexibility index (Phi) is 6.45. The highest BCUT2D eigenvalue weighted by molar-refractivity contribution is 5.78. The Morgan fingerprint density at radius 2 is 1.81 bits per heavy atom. The molecule has 2 rings (SSSR count). The highest BCUT2D eigenvalue weighted by Gasteiger charge is 2.21. The Hall–Kier alpha value is -1.14. The van der Waals surface area contributed by atoms with Crippen LogP contribution in [0.1, 0.15) is 39.0 Å². The van der Waals surface area contributed by atoms with Gasteiger partial charge in [-0.3, -0.25) is 9.59 Å². The molecule has 2 aliphatic heterocycles. The van der Waals surface area contributed by atoms with E-state index in [4.69, 9.17) is 9.47 Å². The van der Waals surface area contributed by atoms with Crippen molar-refractivity contribution in [2.75, 3.05) is 32.8 Å². The SMILES string of the molecule is CC(=O)N(CCC(=O)NCC1CCCO1)CC1CCCO1. The number of hydrogen-bond acceptors (Lipinski definition) is 4. The highest BCUT2D eigenvalue weighted by atomic mass is 16.5. The molecule has 0 spiro atoms. The van der Waals surface area contributed by atoms with Crippen molar-refractivity contribution in [1.29, 1.82) is 0 Å². The number of rotatable bonds is 7. The van der Waals surface area contributed by atoms with Crippen LogP contribution >= 0.6 is 0 Å². The molecule has 120 valence electrons. The Labute approximate surface area is 126 Å². The van der Waals surface area contributed by atoms with Gasteiger partial charge in [-0.15, -0.1) is 0 Å². The number of amides is 2. The molecule has 1 N–H and O–H groups in total. The van der Waals surface area contributed by atoms with Crippen molar-refractivity contribution in [2.24, 2.45) is 0 Å². The van der Waals surface area contributed by atoms with E-state index in [9.17, 15) is 9.59 Å². The van der Waals surface area contributed by atoms with Crippen LogP contribution in [-0.2, 0) is 19.1 Å². The topological polar surface area (TPSA) is 67.9 Å². The van der Waals surface area contributed by atoms with Crippen molar-refractivity contribution < 1.29 is 19.1 Å². The van der Waals surface area contributed by atoms with Gasteiger partial charge in [-0.05, 0) is 25.7 Å². The van der Waals surface area contributed by atoms with Crippen molar-refractivity contribution in [3.05, 3.63) is 0 Å². The molecule has 0 aromatic heterocycles. The van der Waals surface area contributed by atoms with Crippen LogP contribution in [0.4, 0.5) is 0 Å². The number of carbonyl (C=O) groups excluding carboxylic acids is 2. The van der Waals surface area contributed by atoms with E-state index in [1.165, 1.54) is 0 Å². The minimum absolute atomic E-state index is 0.00238. The van der Waals surface area contributed by atoms with E-state index >= 15 is 0 Å². The Morgan fingerprint density at radius 3 is 2.38 bits per heavy atom. The second-order valence-electron chi connectivity index (χ2n) is 5.79. The molecule has 0 saturated carbocycles. The Morgan fingerprint density at radius 1 is 1.14 bits per heavy atom. The van der Waals surface area contributed by atoms with Crippen LogP contribution in [0.25, 0.3) is 0 Å². The fourth-order valence-electron chi connectivity index (χ4n) is 2.77. The van der Waals surface area contributed by atoms with Gasteiger partial charge in [-0.1, -0.05) is 0 Å². The number of nitrogens with zero attached hydrogens (tertiary/aromatic N) is 1. The first-order valence-corrected chi connectivity index (χ1v) is 7.90. The lowest BCUT2D eigenvalue weighted by Gasteiger charge is -2.24. The maximum atomic E-state index is 11.8. The summed E-state index contributed by atoms with van der Waals surface area (Å²) in [4.78, 5) is 25.2. The number of nitrogens with one attached hydrogen (secondary N) is 1. The fraction of sp³-hybridized carbons (Fsp3) is 0.867. The molecule has 2 saturated heterocycles. The molecular formula is C15H26N2O4. The monoisotopic (exact) mass is 298 g/mol. The first kappa shape index (κ1) is 16.2. The molecule has 2 fully saturated rings. The van der Waals surface area contributed by atoms with Crippen LogP contribution in [0, 0.1) is 0 Å². The molecule has 6 nitrogen and oxygen atoms in total. The summed E-state index contributed by atoms with van der Waals surface area (Å²) in [7, 11) is 0. The minimum atomic E-state index is -0.0240. The standard InChI is InChI=1S/C15H26N2O4/c1-12(18)17(11-14-5-3-9-21-14)7-6-15(19)16-10-13-4-2-8-20-13/h13-14H,2-11H2,1H3,(H,16,19). The average molecular weight is 298 g/mol. The molecule has 2 atom stereocenters. The van der Waals surface area contributed by atoms with Crippen LogP contribution < -0.4 is 5.32 Å². The first-order valence-electron chi connectivity index (χ1n) is 7.90. The van der Waals surface area contributed by atoms with Crippen molar-refractivity contribution in [3.8, 4) is 0 Å². The second kappa shape index (κ2) is 8.34. The molecule has 21 heavy (non-hydrogen) atoms. The molecule has 0 aliphatic carbocycles. The van der Waals surface area contributed by atoms with Gasteiger partial charge < -0.3 is 19.7 Å². The molecule has 0 aromatic carbocycles. The zero-order valence-electron chi connectivity index (χ0n) is 12.8. The van der Waals surface area contributed by atoms with E-state index in [1.807, 2.05) is 0 Å². The molecule has 0 radical (unpaired) electrons. The van der Waals surface area contributed by atoms with Gasteiger partial charge >= 0.3 is 0 Å². The van der Waals surface area contributed by atoms with E-state index in [-0.39, 0.29) is 24.0 Å². The second-order valence-corrected chi connectivity index (χ2v) is 5.79. The summed E-state index contributed by atoms with van der Waals surface area (Å²) in [6, 6.07) is 0.